The molecule has 3 amide bonds. The summed E-state index contributed by atoms with van der Waals surface area (Å²) in [6.45, 7) is 8.31. The van der Waals surface area contributed by atoms with Crippen molar-refractivity contribution in [1.29, 1.82) is 0 Å². The fourth-order valence-electron chi connectivity index (χ4n) is 2.89. The van der Waals surface area contributed by atoms with Crippen LogP contribution in [0.15, 0.2) is 30.3 Å². The van der Waals surface area contributed by atoms with Gasteiger partial charge in [0.25, 0.3) is 5.91 Å². The SMILES string of the molecule is Cc1ccc(Cn2nc(C)c3cc(C(=O)OCC(=O)NC(=O)NCC(C)C)sc32)cc1. The number of carbonyl (C=O) groups excluding carboxylic acids is 3. The molecule has 0 aliphatic carbocycles. The molecule has 0 fully saturated rings. The summed E-state index contributed by atoms with van der Waals surface area (Å²) in [5.41, 5.74) is 3.12. The maximum Gasteiger partial charge on any atom is 0.348 e. The van der Waals surface area contributed by atoms with Gasteiger partial charge in [-0.1, -0.05) is 43.7 Å². The van der Waals surface area contributed by atoms with Gasteiger partial charge >= 0.3 is 12.0 Å². The molecule has 0 bridgehead atoms. The molecule has 2 aromatic heterocycles. The van der Waals surface area contributed by atoms with Crippen molar-refractivity contribution >= 4 is 39.5 Å². The van der Waals surface area contributed by atoms with Crippen molar-refractivity contribution in [3.63, 3.8) is 0 Å². The standard InChI is InChI=1S/C22H26N4O4S/c1-13(2)10-23-22(29)24-19(27)12-30-21(28)18-9-17-15(4)25-26(20(17)31-18)11-16-7-5-14(3)6-8-16/h5-9,13H,10-12H2,1-4H3,(H2,23,24,27,29). The number of benzene rings is 1. The predicted molar refractivity (Wildman–Crippen MR) is 119 cm³/mol. The van der Waals surface area contributed by atoms with Crippen LogP contribution in [0.5, 0.6) is 0 Å². The second-order valence-electron chi connectivity index (χ2n) is 7.79. The molecule has 8 nitrogen and oxygen atoms in total. The number of imide groups is 1. The van der Waals surface area contributed by atoms with E-state index in [4.69, 9.17) is 4.74 Å². The number of rotatable bonds is 7. The molecular weight excluding hydrogens is 416 g/mol. The molecule has 0 atom stereocenters. The number of amides is 3. The van der Waals surface area contributed by atoms with Crippen molar-refractivity contribution in [3.8, 4) is 0 Å². The Kier molecular flexibility index (Phi) is 7.06. The molecule has 0 aliphatic heterocycles. The topological polar surface area (TPSA) is 102 Å². The second kappa shape index (κ2) is 9.74. The average molecular weight is 443 g/mol. The Bertz CT molecular complexity index is 1100. The van der Waals surface area contributed by atoms with Crippen LogP contribution in [0.3, 0.4) is 0 Å². The number of urea groups is 1. The van der Waals surface area contributed by atoms with E-state index in [0.29, 0.717) is 18.0 Å². The van der Waals surface area contributed by atoms with Crippen LogP contribution in [-0.4, -0.2) is 40.8 Å². The molecule has 2 N–H and O–H groups in total. The number of ether oxygens (including phenoxy) is 1. The summed E-state index contributed by atoms with van der Waals surface area (Å²) in [7, 11) is 0. The lowest BCUT2D eigenvalue weighted by Gasteiger charge is -2.08. The second-order valence-corrected chi connectivity index (χ2v) is 8.82. The number of thiophene rings is 1. The van der Waals surface area contributed by atoms with Gasteiger partial charge in [0.15, 0.2) is 6.61 Å². The first-order valence-electron chi connectivity index (χ1n) is 10.00. The van der Waals surface area contributed by atoms with Crippen molar-refractivity contribution in [3.05, 3.63) is 52.0 Å². The molecule has 2 heterocycles. The Morgan fingerprint density at radius 1 is 1.16 bits per heavy atom. The smallest absolute Gasteiger partial charge is 0.348 e. The zero-order chi connectivity index (χ0) is 22.5. The fraction of sp³-hybridized carbons (Fsp3) is 0.364. The lowest BCUT2D eigenvalue weighted by Crippen LogP contribution is -2.42. The van der Waals surface area contributed by atoms with E-state index in [1.807, 2.05) is 44.5 Å². The molecule has 0 spiro atoms. The number of nitrogens with one attached hydrogen (secondary N) is 2. The fourth-order valence-corrected chi connectivity index (χ4v) is 3.95. The van der Waals surface area contributed by atoms with Crippen LogP contribution in [0, 0.1) is 19.8 Å². The van der Waals surface area contributed by atoms with Crippen LogP contribution < -0.4 is 10.6 Å². The van der Waals surface area contributed by atoms with Gasteiger partial charge < -0.3 is 10.1 Å². The van der Waals surface area contributed by atoms with Crippen molar-refractivity contribution in [2.24, 2.45) is 5.92 Å². The lowest BCUT2D eigenvalue weighted by molar-refractivity contribution is -0.123. The van der Waals surface area contributed by atoms with Crippen LogP contribution in [0.2, 0.25) is 0 Å². The highest BCUT2D eigenvalue weighted by Crippen LogP contribution is 2.29. The average Bonchev–Trinajstić information content (AvgIpc) is 3.28. The van der Waals surface area contributed by atoms with Crippen LogP contribution in [-0.2, 0) is 16.1 Å². The number of aromatic nitrogens is 2. The van der Waals surface area contributed by atoms with Gasteiger partial charge in [0.05, 0.1) is 12.2 Å². The van der Waals surface area contributed by atoms with E-state index in [0.717, 1.165) is 21.5 Å². The van der Waals surface area contributed by atoms with Crippen LogP contribution in [0.4, 0.5) is 4.79 Å². The van der Waals surface area contributed by atoms with Crippen LogP contribution in [0.1, 0.15) is 40.3 Å². The van der Waals surface area contributed by atoms with Gasteiger partial charge in [0.1, 0.15) is 9.71 Å². The summed E-state index contributed by atoms with van der Waals surface area (Å²) in [4.78, 5) is 37.1. The highest BCUT2D eigenvalue weighted by molar-refractivity contribution is 7.20. The Morgan fingerprint density at radius 2 is 1.87 bits per heavy atom. The number of aryl methyl sites for hydroxylation is 2. The first kappa shape index (κ1) is 22.5. The molecule has 3 aromatic rings. The molecule has 31 heavy (non-hydrogen) atoms. The number of hydrogen-bond acceptors (Lipinski definition) is 6. The molecule has 0 saturated heterocycles. The third-order valence-corrected chi connectivity index (χ3v) is 5.65. The minimum Gasteiger partial charge on any atom is -0.451 e. The van der Waals surface area contributed by atoms with E-state index in [1.54, 1.807) is 6.07 Å². The zero-order valence-electron chi connectivity index (χ0n) is 18.0. The van der Waals surface area contributed by atoms with Crippen LogP contribution >= 0.6 is 11.3 Å². The van der Waals surface area contributed by atoms with Gasteiger partial charge in [-0.3, -0.25) is 14.8 Å². The minimum absolute atomic E-state index is 0.261. The highest BCUT2D eigenvalue weighted by atomic mass is 32.1. The summed E-state index contributed by atoms with van der Waals surface area (Å²) < 4.78 is 6.94. The lowest BCUT2D eigenvalue weighted by atomic mass is 10.1. The molecule has 1 aromatic carbocycles. The zero-order valence-corrected chi connectivity index (χ0v) is 18.8. The van der Waals surface area contributed by atoms with E-state index in [-0.39, 0.29) is 5.92 Å². The maximum absolute atomic E-state index is 12.4. The van der Waals surface area contributed by atoms with E-state index in [2.05, 4.69) is 27.9 Å². The summed E-state index contributed by atoms with van der Waals surface area (Å²) in [5, 5.41) is 10.1. The number of fused-ring (bicyclic) bond motifs is 1. The van der Waals surface area contributed by atoms with Gasteiger partial charge in [-0.2, -0.15) is 5.10 Å². The Labute approximate surface area is 184 Å². The molecule has 9 heteroatoms. The molecule has 0 aliphatic rings. The van der Waals surface area contributed by atoms with Crippen molar-refractivity contribution in [2.45, 2.75) is 34.2 Å². The normalized spacial score (nSPS) is 11.0. The molecule has 0 saturated carbocycles. The number of hydrogen-bond donors (Lipinski definition) is 2. The summed E-state index contributed by atoms with van der Waals surface area (Å²) in [6, 6.07) is 9.32. The Hall–Kier alpha value is -3.20. The molecule has 0 unspecified atom stereocenters. The number of esters is 1. The van der Waals surface area contributed by atoms with Gasteiger partial charge in [0.2, 0.25) is 0 Å². The van der Waals surface area contributed by atoms with Crippen molar-refractivity contribution in [1.82, 2.24) is 20.4 Å². The Morgan fingerprint density at radius 3 is 2.55 bits per heavy atom. The van der Waals surface area contributed by atoms with Gasteiger partial charge in [0, 0.05) is 11.9 Å². The van der Waals surface area contributed by atoms with E-state index < -0.39 is 24.5 Å². The quantitative estimate of drug-likeness (QED) is 0.546. The molecule has 3 rings (SSSR count). The van der Waals surface area contributed by atoms with E-state index in [9.17, 15) is 14.4 Å². The maximum atomic E-state index is 12.4. The van der Waals surface area contributed by atoms with Gasteiger partial charge in [-0.05, 0) is 31.4 Å². The first-order valence-corrected chi connectivity index (χ1v) is 10.8. The molecular formula is C22H26N4O4S. The molecule has 164 valence electrons. The summed E-state index contributed by atoms with van der Waals surface area (Å²) in [6.07, 6.45) is 0. The highest BCUT2D eigenvalue weighted by Gasteiger charge is 2.19. The van der Waals surface area contributed by atoms with Crippen LogP contribution in [0.25, 0.3) is 10.2 Å². The van der Waals surface area contributed by atoms with Crippen molar-refractivity contribution in [2.75, 3.05) is 13.2 Å². The predicted octanol–water partition coefficient (Wildman–Crippen LogP) is 3.40. The van der Waals surface area contributed by atoms with Gasteiger partial charge in [-0.15, -0.1) is 11.3 Å². The number of carbonyl (C=O) groups is 3. The third kappa shape index (κ3) is 5.91. The summed E-state index contributed by atoms with van der Waals surface area (Å²) in [5.74, 6) is -1.03. The largest absolute Gasteiger partial charge is 0.451 e. The number of nitrogens with zero attached hydrogens (tertiary/aromatic N) is 2. The Balaban J connectivity index is 1.62. The van der Waals surface area contributed by atoms with E-state index >= 15 is 0 Å². The van der Waals surface area contributed by atoms with E-state index in [1.165, 1.54) is 16.9 Å². The monoisotopic (exact) mass is 442 g/mol. The van der Waals surface area contributed by atoms with Crippen molar-refractivity contribution < 1.29 is 19.1 Å². The minimum atomic E-state index is -0.683. The first-order chi connectivity index (χ1) is 14.7. The third-order valence-electron chi connectivity index (χ3n) is 4.52. The molecule has 0 radical (unpaired) electrons. The van der Waals surface area contributed by atoms with Gasteiger partial charge in [-0.25, -0.2) is 9.59 Å². The summed E-state index contributed by atoms with van der Waals surface area (Å²) >= 11 is 1.27.